The highest BCUT2D eigenvalue weighted by atomic mass is 16.5. The largest absolute Gasteiger partial charge is 0.497 e. The Bertz CT molecular complexity index is 1900. The lowest BCUT2D eigenvalue weighted by atomic mass is 10.0. The van der Waals surface area contributed by atoms with Gasteiger partial charge >= 0.3 is 0 Å². The van der Waals surface area contributed by atoms with E-state index in [0.717, 1.165) is 78.6 Å². The summed E-state index contributed by atoms with van der Waals surface area (Å²) in [5.41, 5.74) is 11.4. The Balaban J connectivity index is 1.55. The summed E-state index contributed by atoms with van der Waals surface area (Å²) >= 11 is 0. The second kappa shape index (κ2) is 9.75. The number of fused-ring (bicyclic) bond motifs is 8. The summed E-state index contributed by atoms with van der Waals surface area (Å²) in [5, 5.41) is 0. The molecule has 0 radical (unpaired) electrons. The van der Waals surface area contributed by atoms with E-state index in [-0.39, 0.29) is 0 Å². The zero-order chi connectivity index (χ0) is 27.1. The molecule has 2 aliphatic rings. The SMILES string of the molecule is COc1cccc(-c2c3nc(cc4ccc([nH]4)c(-c4cccc(OC)c4)c4ccc(cc5nc2C=C5)[nH]4)C=C3)c1. The standard InChI is InChI=1S/C34H26N4O2/c1-39-27-7-3-5-21(17-27)33-29-13-9-23(35-29)19-25-11-15-31(37-25)34(22-6-4-8-28(18-22)40-2)32-16-12-26(38-32)20-24-10-14-30(33)36-24/h3-20,35-36H,1-2H3. The molecule has 0 spiro atoms. The predicted molar refractivity (Wildman–Crippen MR) is 163 cm³/mol. The van der Waals surface area contributed by atoms with Gasteiger partial charge in [0.05, 0.1) is 37.0 Å². The lowest BCUT2D eigenvalue weighted by Gasteiger charge is -2.07. The highest BCUT2D eigenvalue weighted by Gasteiger charge is 2.15. The van der Waals surface area contributed by atoms with Crippen molar-refractivity contribution in [3.8, 4) is 33.8 Å². The molecule has 6 heteroatoms. The quantitative estimate of drug-likeness (QED) is 0.246. The van der Waals surface area contributed by atoms with Crippen molar-refractivity contribution in [3.05, 3.63) is 108 Å². The van der Waals surface area contributed by atoms with Crippen LogP contribution in [0.25, 0.3) is 68.6 Å². The van der Waals surface area contributed by atoms with Gasteiger partial charge in [0.2, 0.25) is 0 Å². The number of ether oxygens (including phenoxy) is 2. The van der Waals surface area contributed by atoms with Crippen molar-refractivity contribution in [1.82, 2.24) is 19.9 Å². The smallest absolute Gasteiger partial charge is 0.119 e. The summed E-state index contributed by atoms with van der Waals surface area (Å²) in [6, 6.07) is 28.6. The van der Waals surface area contributed by atoms with Crippen LogP contribution in [0.4, 0.5) is 0 Å². The molecular weight excluding hydrogens is 496 g/mol. The van der Waals surface area contributed by atoms with Crippen LogP contribution >= 0.6 is 0 Å². The monoisotopic (exact) mass is 522 g/mol. The van der Waals surface area contributed by atoms with Crippen LogP contribution in [0.1, 0.15) is 22.8 Å². The normalized spacial score (nSPS) is 12.1. The predicted octanol–water partition coefficient (Wildman–Crippen LogP) is 8.01. The highest BCUT2D eigenvalue weighted by molar-refractivity contribution is 5.94. The van der Waals surface area contributed by atoms with Crippen molar-refractivity contribution in [2.24, 2.45) is 0 Å². The molecule has 40 heavy (non-hydrogen) atoms. The number of hydrogen-bond acceptors (Lipinski definition) is 4. The molecule has 0 unspecified atom stereocenters. The molecule has 2 N–H and O–H groups in total. The van der Waals surface area contributed by atoms with E-state index >= 15 is 0 Å². The van der Waals surface area contributed by atoms with Crippen molar-refractivity contribution in [1.29, 1.82) is 0 Å². The Morgan fingerprint density at radius 3 is 1.52 bits per heavy atom. The second-order valence-electron chi connectivity index (χ2n) is 9.67. The van der Waals surface area contributed by atoms with Gasteiger partial charge in [-0.25, -0.2) is 9.97 Å². The van der Waals surface area contributed by atoms with Crippen LogP contribution in [0.2, 0.25) is 0 Å². The third-order valence-corrected chi connectivity index (χ3v) is 7.11. The molecule has 194 valence electrons. The Hall–Kier alpha value is -5.36. The van der Waals surface area contributed by atoms with Crippen LogP contribution in [0.5, 0.6) is 11.5 Å². The van der Waals surface area contributed by atoms with E-state index in [0.29, 0.717) is 0 Å². The first-order valence-corrected chi connectivity index (χ1v) is 13.1. The number of aromatic amines is 2. The number of H-pyrrole nitrogens is 2. The topological polar surface area (TPSA) is 75.8 Å². The summed E-state index contributed by atoms with van der Waals surface area (Å²) in [7, 11) is 3.36. The Labute approximate surface area is 231 Å². The number of hydrogen-bond donors (Lipinski definition) is 2. The number of aromatic nitrogens is 4. The van der Waals surface area contributed by atoms with Gasteiger partial charge in [0.15, 0.2) is 0 Å². The van der Waals surface area contributed by atoms with Crippen LogP contribution in [-0.2, 0) is 0 Å². The van der Waals surface area contributed by atoms with E-state index in [2.05, 4.69) is 58.5 Å². The van der Waals surface area contributed by atoms with E-state index in [9.17, 15) is 0 Å². The fraction of sp³-hybridized carbons (Fsp3) is 0.0588. The Morgan fingerprint density at radius 2 is 1.02 bits per heavy atom. The van der Waals surface area contributed by atoms with E-state index in [1.54, 1.807) is 14.2 Å². The summed E-state index contributed by atoms with van der Waals surface area (Å²) in [4.78, 5) is 17.2. The van der Waals surface area contributed by atoms with E-state index in [1.807, 2.05) is 60.7 Å². The van der Waals surface area contributed by atoms with Crippen LogP contribution in [0.15, 0.2) is 84.9 Å². The van der Waals surface area contributed by atoms with Crippen LogP contribution in [-0.4, -0.2) is 34.2 Å². The van der Waals surface area contributed by atoms with Crippen molar-refractivity contribution >= 4 is 46.4 Å². The lowest BCUT2D eigenvalue weighted by molar-refractivity contribution is 0.415. The van der Waals surface area contributed by atoms with E-state index in [4.69, 9.17) is 19.4 Å². The third kappa shape index (κ3) is 4.35. The molecule has 7 rings (SSSR count). The van der Waals surface area contributed by atoms with Gasteiger partial charge in [-0.3, -0.25) is 0 Å². The van der Waals surface area contributed by atoms with Crippen LogP contribution < -0.4 is 9.47 Å². The number of rotatable bonds is 4. The van der Waals surface area contributed by atoms with Crippen molar-refractivity contribution in [2.45, 2.75) is 0 Å². The van der Waals surface area contributed by atoms with Crippen molar-refractivity contribution in [2.75, 3.05) is 14.2 Å². The Kier molecular flexibility index (Phi) is 5.78. The second-order valence-corrected chi connectivity index (χ2v) is 9.67. The molecule has 2 aromatic carbocycles. The van der Waals surface area contributed by atoms with E-state index < -0.39 is 0 Å². The molecule has 2 aliphatic heterocycles. The molecule has 0 fully saturated rings. The molecule has 5 heterocycles. The van der Waals surface area contributed by atoms with Gasteiger partial charge in [0.25, 0.3) is 0 Å². The molecule has 3 aromatic heterocycles. The molecule has 8 bridgehead atoms. The fourth-order valence-corrected chi connectivity index (χ4v) is 5.24. The number of methoxy groups -OCH3 is 2. The molecule has 0 aliphatic carbocycles. The maximum atomic E-state index is 5.53. The van der Waals surface area contributed by atoms with E-state index in [1.165, 1.54) is 0 Å². The maximum absolute atomic E-state index is 5.53. The molecule has 0 saturated heterocycles. The summed E-state index contributed by atoms with van der Waals surface area (Å²) < 4.78 is 11.0. The van der Waals surface area contributed by atoms with Gasteiger partial charge in [-0.2, -0.15) is 0 Å². The first-order chi connectivity index (χ1) is 19.7. The zero-order valence-electron chi connectivity index (χ0n) is 22.1. The van der Waals surface area contributed by atoms with Gasteiger partial charge < -0.3 is 19.4 Å². The molecule has 0 atom stereocenters. The van der Waals surface area contributed by atoms with Crippen molar-refractivity contribution in [3.63, 3.8) is 0 Å². The summed E-state index contributed by atoms with van der Waals surface area (Å²) in [6.45, 7) is 0. The lowest BCUT2D eigenvalue weighted by Crippen LogP contribution is -1.90. The van der Waals surface area contributed by atoms with Gasteiger partial charge in [-0.05, 0) is 96.1 Å². The average Bonchev–Trinajstić information content (AvgIpc) is 3.80. The first kappa shape index (κ1) is 23.7. The minimum atomic E-state index is 0.787. The van der Waals surface area contributed by atoms with Crippen LogP contribution in [0, 0.1) is 0 Å². The molecule has 0 saturated carbocycles. The third-order valence-electron chi connectivity index (χ3n) is 7.11. The molecule has 5 aromatic rings. The Morgan fingerprint density at radius 1 is 0.525 bits per heavy atom. The minimum absolute atomic E-state index is 0.787. The highest BCUT2D eigenvalue weighted by Crippen LogP contribution is 2.34. The van der Waals surface area contributed by atoms with Crippen LogP contribution in [0.3, 0.4) is 0 Å². The minimum Gasteiger partial charge on any atom is -0.497 e. The first-order valence-electron chi connectivity index (χ1n) is 13.1. The number of nitrogens with zero attached hydrogens (tertiary/aromatic N) is 2. The fourth-order valence-electron chi connectivity index (χ4n) is 5.24. The van der Waals surface area contributed by atoms with Gasteiger partial charge in [-0.15, -0.1) is 0 Å². The molecule has 6 nitrogen and oxygen atoms in total. The number of benzene rings is 2. The average molecular weight is 523 g/mol. The van der Waals surface area contributed by atoms with Crippen molar-refractivity contribution < 1.29 is 9.47 Å². The summed E-state index contributed by atoms with van der Waals surface area (Å²) in [6.07, 6.45) is 8.16. The van der Waals surface area contributed by atoms with Gasteiger partial charge in [0, 0.05) is 33.2 Å². The molecular formula is C34H26N4O2. The zero-order valence-corrected chi connectivity index (χ0v) is 22.1. The molecule has 0 amide bonds. The van der Waals surface area contributed by atoms with Gasteiger partial charge in [-0.1, -0.05) is 24.3 Å². The maximum Gasteiger partial charge on any atom is 0.119 e. The summed E-state index contributed by atoms with van der Waals surface area (Å²) in [5.74, 6) is 1.59. The van der Waals surface area contributed by atoms with Gasteiger partial charge in [0.1, 0.15) is 11.5 Å². The number of nitrogens with one attached hydrogen (secondary N) is 2.